The number of amides is 3. The molecule has 0 radical (unpaired) electrons. The third kappa shape index (κ3) is 22.4. The largest absolute Gasteiger partial charge is 0.481 e. The van der Waals surface area contributed by atoms with Gasteiger partial charge < -0.3 is 58.0 Å². The summed E-state index contributed by atoms with van der Waals surface area (Å²) in [6, 6.07) is 39.9. The maximum atomic E-state index is 13.2. The molecule has 0 bridgehead atoms. The number of Topliss-reactive ketones (excluding diaryl/α,β-unsaturated/α-hetero) is 3. The fraction of sp³-hybridized carbons (Fsp3) is 0.494. The van der Waals surface area contributed by atoms with Crippen molar-refractivity contribution < 1.29 is 101 Å². The fourth-order valence-corrected chi connectivity index (χ4v) is 13.6. The topological polar surface area (TPSA) is 307 Å². The van der Waals surface area contributed by atoms with Crippen LogP contribution in [0, 0.1) is 17.8 Å². The molecule has 0 spiro atoms. The number of nitrogens with zero attached hydrogens (tertiary/aromatic N) is 3. The van der Waals surface area contributed by atoms with Crippen molar-refractivity contribution in [3.05, 3.63) is 176 Å². The van der Waals surface area contributed by atoms with Crippen LogP contribution in [-0.4, -0.2) is 162 Å². The Morgan fingerprint density at radius 2 is 0.762 bits per heavy atom. The number of carbonyl (C=O) groups is 9. The smallest absolute Gasteiger partial charge is 0.413 e. The first kappa shape index (κ1) is 89.6. The number of ketones is 3. The standard InChI is InChI=1S/C27H30ClNO7.C20H26ClNO7.C16H19Cl2NO3.C11H12O4.3CH4/c1-18(35-24(31)20-16-33-25(34-17-20)19-10-4-3-5-11-19)36-26(32)29(2)27(15-9-8-14-23(27)30)21-12-6-7-13-22(21)28;1-13(28-18(26)14(11-23)12-24)29-19(27)22(2)20(10-6-5-9-17(20)25)15-7-3-4-8-16(15)21;1-11(17)22-15(21)19(2)16(10-6-5-9-14(16)20)12-7-3-4-8-13(12)18;12-10(13)9-6-14-11(15-7-9)8-4-2-1-3-5-8;;;/h3-7,10-13,18,20,25H,8-9,14-17H2,1-2H3;3-4,7-8,13-14,23-24H,5-6,9-12H2,1-2H3;3-4,7-8,11H,5-6,9-10H2,1-2H3;1-5,9,11H,6-7H2,(H,12,13);3*1H4/t18?,20?,25?,27-;13?,20-;11?,16-;;;;/m000..../s1. The molecule has 24 nitrogen and oxygen atoms in total. The van der Waals surface area contributed by atoms with Crippen LogP contribution in [0.4, 0.5) is 14.4 Å². The van der Waals surface area contributed by atoms with Gasteiger partial charge in [0.05, 0.1) is 39.6 Å². The molecular formula is C77H99Cl4N3O21. The van der Waals surface area contributed by atoms with Crippen LogP contribution in [0.25, 0.3) is 0 Å². The third-order valence-corrected chi connectivity index (χ3v) is 19.3. The van der Waals surface area contributed by atoms with Crippen LogP contribution >= 0.6 is 46.4 Å². The van der Waals surface area contributed by atoms with Gasteiger partial charge in [-0.3, -0.25) is 43.5 Å². The lowest BCUT2D eigenvalue weighted by Gasteiger charge is -2.43. The van der Waals surface area contributed by atoms with Crippen LogP contribution in [-0.2, 0) is 88.0 Å². The molecule has 5 aromatic carbocycles. The Morgan fingerprint density at radius 1 is 0.457 bits per heavy atom. The van der Waals surface area contributed by atoms with Crippen molar-refractivity contribution in [1.29, 1.82) is 0 Å². The van der Waals surface area contributed by atoms with Crippen molar-refractivity contribution in [2.45, 2.75) is 167 Å². The monoisotopic (exact) mass is 1540 g/mol. The highest BCUT2D eigenvalue weighted by Crippen LogP contribution is 2.46. The van der Waals surface area contributed by atoms with Crippen molar-refractivity contribution in [3.63, 3.8) is 0 Å². The minimum Gasteiger partial charge on any atom is -0.481 e. The Morgan fingerprint density at radius 3 is 1.07 bits per heavy atom. The molecule has 2 saturated heterocycles. The van der Waals surface area contributed by atoms with Gasteiger partial charge in [0.25, 0.3) is 0 Å². The number of aliphatic carboxylic acids is 1. The van der Waals surface area contributed by atoms with Crippen LogP contribution in [0.5, 0.6) is 0 Å². The van der Waals surface area contributed by atoms with E-state index < -0.39 is 114 Å². The number of esters is 2. The summed E-state index contributed by atoms with van der Waals surface area (Å²) in [6.07, 6.45) is 1.32. The molecular weight excluding hydrogens is 1440 g/mol. The number of likely N-dealkylation sites (N-methyl/N-ethyl adjacent to an activating group) is 3. The fourth-order valence-electron chi connectivity index (χ4n) is 12.7. The number of halogens is 4. The van der Waals surface area contributed by atoms with Gasteiger partial charge in [-0.05, 0) is 82.9 Å². The van der Waals surface area contributed by atoms with Crippen molar-refractivity contribution in [3.8, 4) is 0 Å². The van der Waals surface area contributed by atoms with Crippen LogP contribution in [0.2, 0.25) is 15.1 Å². The quantitative estimate of drug-likeness (QED) is 0.0318. The van der Waals surface area contributed by atoms with Crippen LogP contribution in [0.1, 0.15) is 160 Å². The SMILES string of the molecule is C.C.C.CC(Cl)OC(=O)N(C)[C@]1(c2ccccc2Cl)CCCCC1=O.CC(OC(=O)C(CO)CO)OC(=O)N(C)[C@]1(c2ccccc2Cl)CCCCC1=O.CC(OC(=O)C1COC(c2ccccc2)OC1)OC(=O)N(C)[C@]1(c2ccccc2Cl)CCCCC1=O.O=C(O)C1COC(c2ccccc2)OC1. The first-order chi connectivity index (χ1) is 48.8. The predicted octanol–water partition coefficient (Wildman–Crippen LogP) is 14.9. The Balaban J connectivity index is 0.000000306. The van der Waals surface area contributed by atoms with Crippen molar-refractivity contribution in [2.75, 3.05) is 60.8 Å². The normalized spacial score (nSPS) is 22.7. The summed E-state index contributed by atoms with van der Waals surface area (Å²) in [5.74, 6) is -4.95. The second-order valence-corrected chi connectivity index (χ2v) is 26.7. The van der Waals surface area contributed by atoms with Gasteiger partial charge in [-0.15, -0.1) is 0 Å². The molecule has 3 saturated carbocycles. The second-order valence-electron chi connectivity index (χ2n) is 24.9. The zero-order valence-electron chi connectivity index (χ0n) is 57.6. The Hall–Kier alpha value is -7.75. The number of alkyl halides is 1. The van der Waals surface area contributed by atoms with E-state index in [0.29, 0.717) is 70.3 Å². The molecule has 28 heteroatoms. The minimum atomic E-state index is -1.28. The molecule has 2 heterocycles. The number of carbonyl (C=O) groups excluding carboxylic acids is 8. The van der Waals surface area contributed by atoms with Crippen LogP contribution in [0.3, 0.4) is 0 Å². The van der Waals surface area contributed by atoms with Gasteiger partial charge >= 0.3 is 36.2 Å². The highest BCUT2D eigenvalue weighted by Gasteiger charge is 2.52. The van der Waals surface area contributed by atoms with E-state index in [1.807, 2.05) is 66.7 Å². The van der Waals surface area contributed by atoms with E-state index in [9.17, 15) is 43.2 Å². The summed E-state index contributed by atoms with van der Waals surface area (Å²) in [5.41, 5.74) is -0.855. The molecule has 6 atom stereocenters. The lowest BCUT2D eigenvalue weighted by atomic mass is 9.74. The van der Waals surface area contributed by atoms with Crippen molar-refractivity contribution in [1.82, 2.24) is 14.7 Å². The van der Waals surface area contributed by atoms with Gasteiger partial charge in [0, 0.05) is 97.1 Å². The molecule has 3 N–H and O–H groups in total. The van der Waals surface area contributed by atoms with Gasteiger partial charge in [-0.1, -0.05) is 184 Å². The van der Waals surface area contributed by atoms with E-state index in [1.165, 1.54) is 42.6 Å². The number of ether oxygens (including phenoxy) is 9. The van der Waals surface area contributed by atoms with E-state index in [2.05, 4.69) is 0 Å². The summed E-state index contributed by atoms with van der Waals surface area (Å²) < 4.78 is 48.0. The summed E-state index contributed by atoms with van der Waals surface area (Å²) in [5, 5.41) is 28.1. The van der Waals surface area contributed by atoms with Crippen LogP contribution < -0.4 is 0 Å². The molecule has 2 aliphatic heterocycles. The second kappa shape index (κ2) is 42.6. The average Bonchev–Trinajstić information content (AvgIpc) is 0.765. The van der Waals surface area contributed by atoms with Gasteiger partial charge in [0.1, 0.15) is 34.4 Å². The summed E-state index contributed by atoms with van der Waals surface area (Å²) in [7, 11) is 4.53. The molecule has 5 fully saturated rings. The lowest BCUT2D eigenvalue weighted by Crippen LogP contribution is -2.55. The number of hydrogen-bond acceptors (Lipinski definition) is 20. The number of hydrogen-bond donors (Lipinski definition) is 3. The average molecular weight is 1540 g/mol. The van der Waals surface area contributed by atoms with Crippen molar-refractivity contribution >= 4 is 99.9 Å². The Kier molecular flexibility index (Phi) is 36.3. The maximum absolute atomic E-state index is 13.2. The van der Waals surface area contributed by atoms with Gasteiger partial charge in [0.2, 0.25) is 12.6 Å². The Labute approximate surface area is 634 Å². The first-order valence-electron chi connectivity index (χ1n) is 33.5. The highest BCUT2D eigenvalue weighted by atomic mass is 35.5. The zero-order valence-corrected chi connectivity index (χ0v) is 60.6. The Bertz CT molecular complexity index is 3650. The van der Waals surface area contributed by atoms with Crippen LogP contribution in [0.15, 0.2) is 133 Å². The molecule has 576 valence electrons. The molecule has 105 heavy (non-hydrogen) atoms. The molecule has 0 aromatic heterocycles. The summed E-state index contributed by atoms with van der Waals surface area (Å²) in [4.78, 5) is 116. The highest BCUT2D eigenvalue weighted by molar-refractivity contribution is 6.32. The van der Waals surface area contributed by atoms with E-state index in [4.69, 9.17) is 104 Å². The first-order valence-corrected chi connectivity index (χ1v) is 35.1. The lowest BCUT2D eigenvalue weighted by molar-refractivity contribution is -0.220. The van der Waals surface area contributed by atoms with Gasteiger partial charge in [0.15, 0.2) is 35.5 Å². The number of benzene rings is 5. The van der Waals surface area contributed by atoms with Crippen molar-refractivity contribution in [2.24, 2.45) is 17.8 Å². The van der Waals surface area contributed by atoms with E-state index in [0.717, 1.165) is 49.7 Å². The molecule has 3 aliphatic carbocycles. The zero-order chi connectivity index (χ0) is 74.3. The molecule has 5 aromatic rings. The summed E-state index contributed by atoms with van der Waals surface area (Å²) in [6.45, 7) is 3.78. The molecule has 3 amide bonds. The third-order valence-electron chi connectivity index (χ3n) is 18.2. The molecule has 3 unspecified atom stereocenters. The molecule has 5 aliphatic rings. The van der Waals surface area contributed by atoms with Gasteiger partial charge in [-0.25, -0.2) is 14.4 Å². The number of rotatable bonds is 18. The minimum absolute atomic E-state index is 0. The van der Waals surface area contributed by atoms with E-state index in [-0.39, 0.29) is 66.1 Å². The molecule has 10 rings (SSSR count). The maximum Gasteiger partial charge on any atom is 0.413 e. The predicted molar refractivity (Wildman–Crippen MR) is 394 cm³/mol. The number of carboxylic acids is 1. The van der Waals surface area contributed by atoms with E-state index >= 15 is 0 Å². The van der Waals surface area contributed by atoms with E-state index in [1.54, 1.807) is 80.7 Å². The number of aliphatic hydroxyl groups excluding tert-OH is 2. The summed E-state index contributed by atoms with van der Waals surface area (Å²) >= 11 is 24.8. The number of carboxylic acid groups (broad SMARTS) is 1. The van der Waals surface area contributed by atoms with Gasteiger partial charge in [-0.2, -0.15) is 0 Å². The number of aliphatic hydroxyl groups is 2.